The molecule has 0 radical (unpaired) electrons. The molecule has 2 N–H and O–H groups in total. The normalized spacial score (nSPS) is 14.2. The van der Waals surface area contributed by atoms with Gasteiger partial charge in [-0.2, -0.15) is 10.5 Å². The lowest BCUT2D eigenvalue weighted by atomic mass is 10.0. The Morgan fingerprint density at radius 3 is 2.60 bits per heavy atom. The third-order valence-electron chi connectivity index (χ3n) is 3.82. The van der Waals surface area contributed by atoms with Gasteiger partial charge >= 0.3 is 0 Å². The highest BCUT2D eigenvalue weighted by molar-refractivity contribution is 6.14. The fourth-order valence-electron chi connectivity index (χ4n) is 2.63. The quantitative estimate of drug-likeness (QED) is 0.623. The number of quaternary nitrogens is 1. The second-order valence-corrected chi connectivity index (χ2v) is 5.49. The van der Waals surface area contributed by atoms with Crippen LogP contribution < -0.4 is 9.64 Å². The molecule has 0 fully saturated rings. The molecule has 2 aromatic rings. The van der Waals surface area contributed by atoms with Crippen LogP contribution >= 0.6 is 0 Å². The SMILES string of the molecule is N#CC[NH+](CC#N)Cc1c(O)ccc2c1O/C(=C\c1ccco1)C2=O. The summed E-state index contributed by atoms with van der Waals surface area (Å²) >= 11 is 0. The van der Waals surface area contributed by atoms with E-state index < -0.39 is 0 Å². The number of carbonyl (C=O) groups excluding carboxylic acids is 1. The lowest BCUT2D eigenvalue weighted by Crippen LogP contribution is -3.10. The van der Waals surface area contributed by atoms with Crippen LogP contribution in [0.3, 0.4) is 0 Å². The number of furan rings is 1. The van der Waals surface area contributed by atoms with Crippen molar-refractivity contribution in [2.24, 2.45) is 0 Å². The van der Waals surface area contributed by atoms with Crippen LogP contribution in [0, 0.1) is 22.7 Å². The molecule has 3 rings (SSSR count). The third kappa shape index (κ3) is 3.23. The summed E-state index contributed by atoms with van der Waals surface area (Å²) in [6, 6.07) is 10.3. The van der Waals surface area contributed by atoms with E-state index in [4.69, 9.17) is 19.7 Å². The van der Waals surface area contributed by atoms with Gasteiger partial charge in [0.05, 0.1) is 17.4 Å². The molecule has 0 saturated carbocycles. The number of Topliss-reactive ketones (excluding diaryl/α,β-unsaturated/α-hetero) is 1. The maximum absolute atomic E-state index is 12.5. The van der Waals surface area contributed by atoms with Gasteiger partial charge in [0.15, 0.2) is 24.6 Å². The molecule has 0 unspecified atom stereocenters. The Labute approximate surface area is 143 Å². The van der Waals surface area contributed by atoms with Crippen molar-refractivity contribution in [3.8, 4) is 23.6 Å². The number of allylic oxidation sites excluding steroid dienone is 1. The van der Waals surface area contributed by atoms with Crippen molar-refractivity contribution in [1.82, 2.24) is 0 Å². The minimum absolute atomic E-state index is 0.0424. The van der Waals surface area contributed by atoms with E-state index in [1.165, 1.54) is 24.5 Å². The molecule has 0 bridgehead atoms. The monoisotopic (exact) mass is 336 g/mol. The topological polar surface area (TPSA) is 112 Å². The Morgan fingerprint density at radius 1 is 1.20 bits per heavy atom. The number of benzene rings is 1. The number of aromatic hydroxyl groups is 1. The van der Waals surface area contributed by atoms with Gasteiger partial charge in [0, 0.05) is 6.08 Å². The van der Waals surface area contributed by atoms with E-state index in [-0.39, 0.29) is 42.7 Å². The molecule has 0 spiro atoms. The van der Waals surface area contributed by atoms with Gasteiger partial charge in [-0.05, 0) is 24.3 Å². The van der Waals surface area contributed by atoms with Crippen LogP contribution in [-0.2, 0) is 6.54 Å². The van der Waals surface area contributed by atoms with Crippen molar-refractivity contribution >= 4 is 11.9 Å². The molecule has 25 heavy (non-hydrogen) atoms. The van der Waals surface area contributed by atoms with Crippen LogP contribution in [0.5, 0.6) is 11.5 Å². The van der Waals surface area contributed by atoms with E-state index in [9.17, 15) is 9.90 Å². The largest absolute Gasteiger partial charge is 0.507 e. The molecule has 124 valence electrons. The van der Waals surface area contributed by atoms with Crippen LogP contribution in [0.4, 0.5) is 0 Å². The predicted molar refractivity (Wildman–Crippen MR) is 85.4 cm³/mol. The zero-order chi connectivity index (χ0) is 17.8. The van der Waals surface area contributed by atoms with E-state index in [2.05, 4.69) is 0 Å². The van der Waals surface area contributed by atoms with Gasteiger partial charge in [0.1, 0.15) is 30.2 Å². The summed E-state index contributed by atoms with van der Waals surface area (Å²) in [5.74, 6) is 0.479. The lowest BCUT2D eigenvalue weighted by molar-refractivity contribution is -0.899. The number of hydrogen-bond donors (Lipinski definition) is 2. The molecule has 1 aromatic carbocycles. The van der Waals surface area contributed by atoms with Crippen molar-refractivity contribution in [3.63, 3.8) is 0 Å². The highest BCUT2D eigenvalue weighted by atomic mass is 16.5. The first-order chi connectivity index (χ1) is 12.1. The molecule has 1 aliphatic rings. The smallest absolute Gasteiger partial charge is 0.232 e. The molecule has 1 aliphatic heterocycles. The zero-order valence-corrected chi connectivity index (χ0v) is 13.2. The van der Waals surface area contributed by atoms with Gasteiger partial charge in [-0.3, -0.25) is 4.79 Å². The average Bonchev–Trinajstić information content (AvgIpc) is 3.20. The van der Waals surface area contributed by atoms with E-state index in [0.29, 0.717) is 21.8 Å². The summed E-state index contributed by atoms with van der Waals surface area (Å²) < 4.78 is 10.9. The Hall–Kier alpha value is -3.55. The summed E-state index contributed by atoms with van der Waals surface area (Å²) in [5, 5.41) is 27.9. The first-order valence-electron chi connectivity index (χ1n) is 7.54. The van der Waals surface area contributed by atoms with Gasteiger partial charge in [-0.1, -0.05) is 0 Å². The predicted octanol–water partition coefficient (Wildman–Crippen LogP) is 1.03. The van der Waals surface area contributed by atoms with Gasteiger partial charge < -0.3 is 19.2 Å². The second-order valence-electron chi connectivity index (χ2n) is 5.49. The number of rotatable bonds is 5. The maximum atomic E-state index is 12.5. The van der Waals surface area contributed by atoms with Crippen molar-refractivity contribution in [2.75, 3.05) is 13.1 Å². The van der Waals surface area contributed by atoms with Crippen LogP contribution in [0.2, 0.25) is 0 Å². The van der Waals surface area contributed by atoms with Gasteiger partial charge in [0.25, 0.3) is 0 Å². The fourth-order valence-corrected chi connectivity index (χ4v) is 2.63. The number of nitrogens with one attached hydrogen (secondary N) is 1. The first kappa shape index (κ1) is 16.3. The van der Waals surface area contributed by atoms with Crippen LogP contribution in [0.1, 0.15) is 21.7 Å². The minimum Gasteiger partial charge on any atom is -0.507 e. The molecule has 7 nitrogen and oxygen atoms in total. The molecule has 7 heteroatoms. The summed E-state index contributed by atoms with van der Waals surface area (Å²) in [6.45, 7) is 0.386. The van der Waals surface area contributed by atoms with Gasteiger partial charge in [-0.15, -0.1) is 0 Å². The fraction of sp³-hybridized carbons (Fsp3) is 0.167. The lowest BCUT2D eigenvalue weighted by Gasteiger charge is -2.15. The summed E-state index contributed by atoms with van der Waals surface area (Å²) in [6.07, 6.45) is 2.97. The summed E-state index contributed by atoms with van der Waals surface area (Å²) in [7, 11) is 0. The standard InChI is InChI=1S/C18H13N3O4/c19-5-7-21(8-6-20)11-14-15(22)4-3-13-17(23)16(25-18(13)14)10-12-2-1-9-24-12/h1-4,9-10,22H,7-8,11H2/p+1/b16-10-. The molecule has 2 heterocycles. The number of ketones is 1. The zero-order valence-electron chi connectivity index (χ0n) is 13.2. The van der Waals surface area contributed by atoms with Gasteiger partial charge in [-0.25, -0.2) is 0 Å². The minimum atomic E-state index is -0.310. The number of phenols is 1. The van der Waals surface area contributed by atoms with E-state index in [1.807, 2.05) is 12.1 Å². The molecule has 0 aliphatic carbocycles. The maximum Gasteiger partial charge on any atom is 0.232 e. The van der Waals surface area contributed by atoms with Gasteiger partial charge in [0.2, 0.25) is 5.78 Å². The first-order valence-corrected chi connectivity index (χ1v) is 7.54. The highest BCUT2D eigenvalue weighted by Crippen LogP contribution is 2.39. The number of ether oxygens (including phenoxy) is 1. The Morgan fingerprint density at radius 2 is 1.96 bits per heavy atom. The van der Waals surface area contributed by atoms with Crippen molar-refractivity contribution in [3.05, 3.63) is 53.2 Å². The molecule has 0 amide bonds. The molecular weight excluding hydrogens is 322 g/mol. The second kappa shape index (κ2) is 6.91. The number of fused-ring (bicyclic) bond motifs is 1. The number of carbonyl (C=O) groups is 1. The average molecular weight is 336 g/mol. The van der Waals surface area contributed by atoms with Crippen molar-refractivity contribution in [2.45, 2.75) is 6.54 Å². The number of nitriles is 2. The van der Waals surface area contributed by atoms with Crippen LogP contribution in [0.25, 0.3) is 6.08 Å². The molecular formula is C18H14N3O4+. The van der Waals surface area contributed by atoms with E-state index in [0.717, 1.165) is 0 Å². The van der Waals surface area contributed by atoms with E-state index in [1.54, 1.807) is 12.1 Å². The summed E-state index contributed by atoms with van der Waals surface area (Å²) in [5.41, 5.74) is 0.730. The highest BCUT2D eigenvalue weighted by Gasteiger charge is 2.32. The van der Waals surface area contributed by atoms with Crippen molar-refractivity contribution in [1.29, 1.82) is 10.5 Å². The summed E-state index contributed by atoms with van der Waals surface area (Å²) in [4.78, 5) is 13.1. The Balaban J connectivity index is 1.96. The molecule has 0 atom stereocenters. The van der Waals surface area contributed by atoms with E-state index >= 15 is 0 Å². The number of phenolic OH excluding ortho intramolecular Hbond substituents is 1. The van der Waals surface area contributed by atoms with Crippen molar-refractivity contribution < 1.29 is 24.0 Å². The molecule has 0 saturated heterocycles. The van der Waals surface area contributed by atoms with Crippen LogP contribution in [-0.4, -0.2) is 24.0 Å². The van der Waals surface area contributed by atoms with Crippen LogP contribution in [0.15, 0.2) is 40.7 Å². The Bertz CT molecular complexity index is 901. The third-order valence-corrected chi connectivity index (χ3v) is 3.82. The number of nitrogens with zero attached hydrogens (tertiary/aromatic N) is 2. The Kier molecular flexibility index (Phi) is 4.51. The molecule has 1 aromatic heterocycles. The number of hydrogen-bond acceptors (Lipinski definition) is 6.